The second-order valence-electron chi connectivity index (χ2n) is 8.19. The first-order valence-corrected chi connectivity index (χ1v) is 11.0. The highest BCUT2D eigenvalue weighted by Gasteiger charge is 2.45. The van der Waals surface area contributed by atoms with E-state index in [1.807, 2.05) is 42.5 Å². The molecule has 4 rings (SSSR count). The standard InChI is InChI=1S/C27H28N2O3/c1-32-24-14-8-21(9-15-24)25(30)29-23-12-10-22(11-13-23)27(17-5-18-27)26(31)28-19-16-20-6-3-2-4-7-20/h2-4,6-15H,5,16-19H2,1H3,(H,28,31)(H,29,30). The molecule has 1 saturated carbocycles. The average molecular weight is 429 g/mol. The quantitative estimate of drug-likeness (QED) is 0.545. The SMILES string of the molecule is COc1ccc(C(=O)Nc2ccc(C3(C(=O)NCCc4ccccc4)CCC3)cc2)cc1. The average Bonchev–Trinajstić information content (AvgIpc) is 2.80. The molecule has 0 bridgehead atoms. The van der Waals surface area contributed by atoms with Crippen molar-refractivity contribution in [3.8, 4) is 5.75 Å². The Morgan fingerprint density at radius 2 is 1.59 bits per heavy atom. The van der Waals surface area contributed by atoms with Gasteiger partial charge in [0.2, 0.25) is 5.91 Å². The molecule has 1 fully saturated rings. The van der Waals surface area contributed by atoms with Gasteiger partial charge in [-0.25, -0.2) is 0 Å². The van der Waals surface area contributed by atoms with Crippen molar-refractivity contribution in [2.45, 2.75) is 31.1 Å². The summed E-state index contributed by atoms with van der Waals surface area (Å²) < 4.78 is 5.13. The van der Waals surface area contributed by atoms with Crippen LogP contribution in [0.5, 0.6) is 5.75 Å². The highest BCUT2D eigenvalue weighted by Crippen LogP contribution is 2.44. The maximum absolute atomic E-state index is 13.0. The number of benzene rings is 3. The summed E-state index contributed by atoms with van der Waals surface area (Å²) in [6.45, 7) is 0.626. The number of nitrogens with one attached hydrogen (secondary N) is 2. The number of hydrogen-bond acceptors (Lipinski definition) is 3. The third-order valence-corrected chi connectivity index (χ3v) is 6.23. The Balaban J connectivity index is 1.37. The van der Waals surface area contributed by atoms with Gasteiger partial charge in [0, 0.05) is 17.8 Å². The monoisotopic (exact) mass is 428 g/mol. The van der Waals surface area contributed by atoms with E-state index in [0.29, 0.717) is 23.5 Å². The Morgan fingerprint density at radius 1 is 0.906 bits per heavy atom. The number of ether oxygens (including phenoxy) is 1. The zero-order valence-electron chi connectivity index (χ0n) is 18.3. The van der Waals surface area contributed by atoms with E-state index in [0.717, 1.165) is 31.2 Å². The Morgan fingerprint density at radius 3 is 2.19 bits per heavy atom. The fraction of sp³-hybridized carbons (Fsp3) is 0.259. The summed E-state index contributed by atoms with van der Waals surface area (Å²) >= 11 is 0. The first-order chi connectivity index (χ1) is 15.6. The summed E-state index contributed by atoms with van der Waals surface area (Å²) in [5.74, 6) is 0.617. The molecule has 3 aromatic rings. The Hall–Kier alpha value is -3.60. The van der Waals surface area contributed by atoms with Crippen LogP contribution in [0.1, 0.15) is 40.7 Å². The summed E-state index contributed by atoms with van der Waals surface area (Å²) in [6, 6.07) is 24.8. The zero-order valence-corrected chi connectivity index (χ0v) is 18.3. The lowest BCUT2D eigenvalue weighted by Crippen LogP contribution is -2.49. The van der Waals surface area contributed by atoms with Gasteiger partial charge in [-0.1, -0.05) is 48.9 Å². The molecule has 0 aromatic heterocycles. The number of carbonyl (C=O) groups excluding carboxylic acids is 2. The van der Waals surface area contributed by atoms with Crippen LogP contribution in [0.15, 0.2) is 78.9 Å². The second kappa shape index (κ2) is 9.69. The largest absolute Gasteiger partial charge is 0.497 e. The number of hydrogen-bond donors (Lipinski definition) is 2. The van der Waals surface area contributed by atoms with Crippen LogP contribution in [0.4, 0.5) is 5.69 Å². The van der Waals surface area contributed by atoms with Gasteiger partial charge >= 0.3 is 0 Å². The lowest BCUT2D eigenvalue weighted by molar-refractivity contribution is -0.129. The van der Waals surface area contributed by atoms with E-state index in [-0.39, 0.29) is 11.8 Å². The highest BCUT2D eigenvalue weighted by molar-refractivity contribution is 6.04. The van der Waals surface area contributed by atoms with Crippen molar-refractivity contribution in [3.05, 3.63) is 95.6 Å². The van der Waals surface area contributed by atoms with Crippen LogP contribution in [0.2, 0.25) is 0 Å². The molecular weight excluding hydrogens is 400 g/mol. The lowest BCUT2D eigenvalue weighted by atomic mass is 9.63. The van der Waals surface area contributed by atoms with E-state index in [1.54, 1.807) is 31.4 Å². The summed E-state index contributed by atoms with van der Waals surface area (Å²) in [5.41, 5.74) is 3.02. The molecule has 2 N–H and O–H groups in total. The third-order valence-electron chi connectivity index (χ3n) is 6.23. The van der Waals surface area contributed by atoms with Gasteiger partial charge < -0.3 is 15.4 Å². The van der Waals surface area contributed by atoms with E-state index >= 15 is 0 Å². The van der Waals surface area contributed by atoms with Crippen LogP contribution in [0, 0.1) is 0 Å². The predicted octanol–water partition coefficient (Wildman–Crippen LogP) is 4.73. The molecule has 2 amide bonds. The zero-order chi connectivity index (χ0) is 22.4. The Bertz CT molecular complexity index is 1060. The van der Waals surface area contributed by atoms with E-state index in [4.69, 9.17) is 4.74 Å². The molecule has 0 heterocycles. The minimum Gasteiger partial charge on any atom is -0.497 e. The topological polar surface area (TPSA) is 67.4 Å². The van der Waals surface area contributed by atoms with E-state index < -0.39 is 5.41 Å². The maximum Gasteiger partial charge on any atom is 0.255 e. The number of rotatable bonds is 8. The van der Waals surface area contributed by atoms with Crippen LogP contribution in [0.25, 0.3) is 0 Å². The van der Waals surface area contributed by atoms with Crippen LogP contribution in [-0.2, 0) is 16.6 Å². The van der Waals surface area contributed by atoms with Crippen LogP contribution in [-0.4, -0.2) is 25.5 Å². The van der Waals surface area contributed by atoms with Gasteiger partial charge in [0.1, 0.15) is 5.75 Å². The van der Waals surface area contributed by atoms with E-state index in [1.165, 1.54) is 5.56 Å². The second-order valence-corrected chi connectivity index (χ2v) is 8.19. The van der Waals surface area contributed by atoms with Crippen molar-refractivity contribution in [2.75, 3.05) is 19.0 Å². The number of amides is 2. The fourth-order valence-electron chi connectivity index (χ4n) is 4.13. The number of methoxy groups -OCH3 is 1. The predicted molar refractivity (Wildman–Crippen MR) is 126 cm³/mol. The molecule has 0 saturated heterocycles. The van der Waals surface area contributed by atoms with Gasteiger partial charge in [0.25, 0.3) is 5.91 Å². The van der Waals surface area contributed by atoms with Crippen molar-refractivity contribution in [1.82, 2.24) is 5.32 Å². The van der Waals surface area contributed by atoms with E-state index in [9.17, 15) is 9.59 Å². The molecule has 0 aliphatic heterocycles. The van der Waals surface area contributed by atoms with Gasteiger partial charge in [0.05, 0.1) is 12.5 Å². The molecule has 164 valence electrons. The summed E-state index contributed by atoms with van der Waals surface area (Å²) in [4.78, 5) is 25.5. The van der Waals surface area contributed by atoms with Crippen molar-refractivity contribution >= 4 is 17.5 Å². The van der Waals surface area contributed by atoms with Crippen LogP contribution >= 0.6 is 0 Å². The van der Waals surface area contributed by atoms with Gasteiger partial charge in [-0.3, -0.25) is 9.59 Å². The van der Waals surface area contributed by atoms with Crippen LogP contribution in [0.3, 0.4) is 0 Å². The third kappa shape index (κ3) is 4.67. The molecule has 1 aliphatic carbocycles. The summed E-state index contributed by atoms with van der Waals surface area (Å²) in [7, 11) is 1.59. The van der Waals surface area contributed by atoms with Gasteiger partial charge in [-0.15, -0.1) is 0 Å². The highest BCUT2D eigenvalue weighted by atomic mass is 16.5. The Labute approximate surface area is 188 Å². The smallest absolute Gasteiger partial charge is 0.255 e. The van der Waals surface area contributed by atoms with E-state index in [2.05, 4.69) is 22.8 Å². The van der Waals surface area contributed by atoms with Crippen molar-refractivity contribution in [3.63, 3.8) is 0 Å². The van der Waals surface area contributed by atoms with Gasteiger partial charge in [-0.05, 0) is 66.8 Å². The van der Waals surface area contributed by atoms with Crippen molar-refractivity contribution < 1.29 is 14.3 Å². The molecule has 0 unspecified atom stereocenters. The Kier molecular flexibility index (Phi) is 6.55. The lowest BCUT2D eigenvalue weighted by Gasteiger charge is -2.40. The summed E-state index contributed by atoms with van der Waals surface area (Å²) in [6.07, 6.45) is 3.56. The van der Waals surface area contributed by atoms with Gasteiger partial charge in [-0.2, -0.15) is 0 Å². The molecule has 0 radical (unpaired) electrons. The normalized spacial score (nSPS) is 14.2. The number of carbonyl (C=O) groups is 2. The first kappa shape index (κ1) is 21.6. The minimum atomic E-state index is -0.463. The van der Waals surface area contributed by atoms with Gasteiger partial charge in [0.15, 0.2) is 0 Å². The number of anilines is 1. The molecule has 0 spiro atoms. The summed E-state index contributed by atoms with van der Waals surface area (Å²) in [5, 5.41) is 6.04. The first-order valence-electron chi connectivity index (χ1n) is 11.0. The molecule has 1 aliphatic rings. The molecule has 5 heteroatoms. The van der Waals surface area contributed by atoms with Crippen molar-refractivity contribution in [2.24, 2.45) is 0 Å². The van der Waals surface area contributed by atoms with Crippen molar-refractivity contribution in [1.29, 1.82) is 0 Å². The minimum absolute atomic E-state index is 0.0923. The maximum atomic E-state index is 13.0. The molecule has 32 heavy (non-hydrogen) atoms. The molecule has 5 nitrogen and oxygen atoms in total. The fourth-order valence-corrected chi connectivity index (χ4v) is 4.13. The molecule has 0 atom stereocenters. The van der Waals surface area contributed by atoms with Crippen LogP contribution < -0.4 is 15.4 Å². The molecular formula is C27H28N2O3. The molecule has 3 aromatic carbocycles.